The molecule has 0 aliphatic carbocycles. The van der Waals surface area contributed by atoms with E-state index in [1.54, 1.807) is 12.3 Å². The van der Waals surface area contributed by atoms with E-state index in [1.165, 1.54) is 0 Å². The molecule has 0 fully saturated rings. The normalized spacial score (nSPS) is 12.5. The van der Waals surface area contributed by atoms with Gasteiger partial charge in [-0.2, -0.15) is 0 Å². The summed E-state index contributed by atoms with van der Waals surface area (Å²) in [6.07, 6.45) is 2.42. The van der Waals surface area contributed by atoms with Gasteiger partial charge in [0, 0.05) is 17.6 Å². The zero-order valence-electron chi connectivity index (χ0n) is 11.3. The number of rotatable bonds is 3. The number of hydrogen-bond donors (Lipinski definition) is 1. The summed E-state index contributed by atoms with van der Waals surface area (Å²) in [5.74, 6) is 0. The standard InChI is InChI=1S/C17H14Cl2N2/c18-14-7-1-4-11(17(14)19)10-15(20)12-5-2-8-16-13(12)6-3-9-21-16/h1-9,15H,10,20H2. The van der Waals surface area contributed by atoms with Crippen molar-refractivity contribution < 1.29 is 0 Å². The maximum Gasteiger partial charge on any atom is 0.0705 e. The van der Waals surface area contributed by atoms with E-state index < -0.39 is 0 Å². The molecule has 0 aliphatic rings. The molecule has 1 aromatic heterocycles. The molecule has 3 rings (SSSR count). The van der Waals surface area contributed by atoms with Crippen LogP contribution in [0.1, 0.15) is 17.2 Å². The van der Waals surface area contributed by atoms with Gasteiger partial charge in [0.1, 0.15) is 0 Å². The molecule has 0 bridgehead atoms. The minimum atomic E-state index is -0.158. The van der Waals surface area contributed by atoms with Gasteiger partial charge in [0.2, 0.25) is 0 Å². The molecule has 0 saturated carbocycles. The summed E-state index contributed by atoms with van der Waals surface area (Å²) in [5.41, 5.74) is 9.35. The molecular weight excluding hydrogens is 303 g/mol. The fraction of sp³-hybridized carbons (Fsp3) is 0.118. The third-order valence-corrected chi connectivity index (χ3v) is 4.41. The molecule has 21 heavy (non-hydrogen) atoms. The molecule has 2 N–H and O–H groups in total. The Hall–Kier alpha value is -1.61. The summed E-state index contributed by atoms with van der Waals surface area (Å²) in [4.78, 5) is 4.36. The lowest BCUT2D eigenvalue weighted by molar-refractivity contribution is 0.728. The summed E-state index contributed by atoms with van der Waals surface area (Å²) < 4.78 is 0. The number of pyridine rings is 1. The number of hydrogen-bond acceptors (Lipinski definition) is 2. The molecule has 0 radical (unpaired) electrons. The minimum absolute atomic E-state index is 0.158. The Morgan fingerprint density at radius 2 is 1.81 bits per heavy atom. The van der Waals surface area contributed by atoms with Crippen molar-refractivity contribution >= 4 is 34.1 Å². The third-order valence-electron chi connectivity index (χ3n) is 3.55. The first kappa shape index (κ1) is 14.3. The van der Waals surface area contributed by atoms with Crippen LogP contribution in [0.15, 0.2) is 54.7 Å². The molecule has 3 aromatic rings. The van der Waals surface area contributed by atoms with Gasteiger partial charge < -0.3 is 5.73 Å². The fourth-order valence-corrected chi connectivity index (χ4v) is 2.90. The predicted octanol–water partition coefficient (Wildman–Crippen LogP) is 4.78. The average molecular weight is 317 g/mol. The Labute approximate surface area is 133 Å². The second-order valence-electron chi connectivity index (χ2n) is 4.94. The average Bonchev–Trinajstić information content (AvgIpc) is 2.51. The second-order valence-corrected chi connectivity index (χ2v) is 5.73. The van der Waals surface area contributed by atoms with E-state index in [-0.39, 0.29) is 6.04 Å². The van der Waals surface area contributed by atoms with Crippen LogP contribution < -0.4 is 5.73 Å². The first-order chi connectivity index (χ1) is 10.2. The van der Waals surface area contributed by atoms with E-state index in [4.69, 9.17) is 28.9 Å². The van der Waals surface area contributed by atoms with Gasteiger partial charge in [0.15, 0.2) is 0 Å². The van der Waals surface area contributed by atoms with Crippen LogP contribution in [0.5, 0.6) is 0 Å². The molecule has 106 valence electrons. The lowest BCUT2D eigenvalue weighted by Gasteiger charge is -2.15. The molecule has 0 amide bonds. The maximum atomic E-state index is 6.38. The van der Waals surface area contributed by atoms with Crippen LogP contribution in [0.2, 0.25) is 10.0 Å². The number of nitrogens with zero attached hydrogens (tertiary/aromatic N) is 1. The van der Waals surface area contributed by atoms with Gasteiger partial charge in [-0.15, -0.1) is 0 Å². The van der Waals surface area contributed by atoms with Crippen LogP contribution in [0.4, 0.5) is 0 Å². The smallest absolute Gasteiger partial charge is 0.0705 e. The van der Waals surface area contributed by atoms with E-state index in [0.717, 1.165) is 22.0 Å². The largest absolute Gasteiger partial charge is 0.324 e. The van der Waals surface area contributed by atoms with Crippen molar-refractivity contribution in [2.24, 2.45) is 5.73 Å². The molecule has 1 heterocycles. The SMILES string of the molecule is NC(Cc1cccc(Cl)c1Cl)c1cccc2ncccc12. The highest BCUT2D eigenvalue weighted by atomic mass is 35.5. The summed E-state index contributed by atoms with van der Waals surface area (Å²) in [5, 5.41) is 2.21. The van der Waals surface area contributed by atoms with Crippen molar-refractivity contribution in [2.75, 3.05) is 0 Å². The van der Waals surface area contributed by atoms with Crippen LogP contribution in [-0.4, -0.2) is 4.98 Å². The van der Waals surface area contributed by atoms with Gasteiger partial charge >= 0.3 is 0 Å². The van der Waals surface area contributed by atoms with E-state index >= 15 is 0 Å². The van der Waals surface area contributed by atoms with E-state index in [1.807, 2.05) is 42.5 Å². The minimum Gasteiger partial charge on any atom is -0.324 e. The fourth-order valence-electron chi connectivity index (χ4n) is 2.50. The molecule has 0 spiro atoms. The molecule has 0 saturated heterocycles. The molecule has 4 heteroatoms. The number of nitrogens with two attached hydrogens (primary N) is 1. The van der Waals surface area contributed by atoms with Crippen molar-refractivity contribution in [1.82, 2.24) is 4.98 Å². The Morgan fingerprint density at radius 1 is 1.00 bits per heavy atom. The second kappa shape index (κ2) is 6.02. The monoisotopic (exact) mass is 316 g/mol. The number of halogens is 2. The van der Waals surface area contributed by atoms with Crippen LogP contribution in [-0.2, 0) is 6.42 Å². The summed E-state index contributed by atoms with van der Waals surface area (Å²) in [6.45, 7) is 0. The Bertz CT molecular complexity index is 781. The molecule has 2 aromatic carbocycles. The summed E-state index contributed by atoms with van der Waals surface area (Å²) in [7, 11) is 0. The van der Waals surface area contributed by atoms with Gasteiger partial charge in [-0.1, -0.05) is 53.5 Å². The van der Waals surface area contributed by atoms with Crippen molar-refractivity contribution in [1.29, 1.82) is 0 Å². The highest BCUT2D eigenvalue weighted by Gasteiger charge is 2.13. The topological polar surface area (TPSA) is 38.9 Å². The highest BCUT2D eigenvalue weighted by Crippen LogP contribution is 2.30. The zero-order chi connectivity index (χ0) is 14.8. The van der Waals surface area contributed by atoms with Gasteiger partial charge in [0.25, 0.3) is 0 Å². The number of fused-ring (bicyclic) bond motifs is 1. The lowest BCUT2D eigenvalue weighted by atomic mass is 9.96. The van der Waals surface area contributed by atoms with Crippen molar-refractivity contribution in [2.45, 2.75) is 12.5 Å². The zero-order valence-corrected chi connectivity index (χ0v) is 12.8. The van der Waals surface area contributed by atoms with E-state index in [9.17, 15) is 0 Å². The van der Waals surface area contributed by atoms with Crippen LogP contribution in [0.3, 0.4) is 0 Å². The quantitative estimate of drug-likeness (QED) is 0.755. The molecule has 2 nitrogen and oxygen atoms in total. The first-order valence-corrected chi connectivity index (χ1v) is 7.44. The lowest BCUT2D eigenvalue weighted by Crippen LogP contribution is -2.14. The van der Waals surface area contributed by atoms with E-state index in [0.29, 0.717) is 16.5 Å². The predicted molar refractivity (Wildman–Crippen MR) is 88.8 cm³/mol. The third kappa shape index (κ3) is 2.88. The van der Waals surface area contributed by atoms with Gasteiger partial charge in [-0.3, -0.25) is 4.98 Å². The van der Waals surface area contributed by atoms with Crippen LogP contribution >= 0.6 is 23.2 Å². The van der Waals surface area contributed by atoms with Crippen molar-refractivity contribution in [3.8, 4) is 0 Å². The molecule has 1 unspecified atom stereocenters. The Kier molecular flexibility index (Phi) is 4.11. The van der Waals surface area contributed by atoms with Crippen LogP contribution in [0, 0.1) is 0 Å². The van der Waals surface area contributed by atoms with Gasteiger partial charge in [-0.25, -0.2) is 0 Å². The van der Waals surface area contributed by atoms with Gasteiger partial charge in [-0.05, 0) is 35.7 Å². The molecular formula is C17H14Cl2N2. The number of benzene rings is 2. The summed E-state index contributed by atoms with van der Waals surface area (Å²) in [6, 6.07) is 15.4. The molecule has 1 atom stereocenters. The van der Waals surface area contributed by atoms with Crippen molar-refractivity contribution in [3.63, 3.8) is 0 Å². The number of aromatic nitrogens is 1. The van der Waals surface area contributed by atoms with Crippen LogP contribution in [0.25, 0.3) is 10.9 Å². The highest BCUT2D eigenvalue weighted by molar-refractivity contribution is 6.42. The maximum absolute atomic E-state index is 6.38. The Balaban J connectivity index is 1.97. The van der Waals surface area contributed by atoms with E-state index in [2.05, 4.69) is 4.98 Å². The molecule has 0 aliphatic heterocycles. The Morgan fingerprint density at radius 3 is 2.67 bits per heavy atom. The van der Waals surface area contributed by atoms with Crippen molar-refractivity contribution in [3.05, 3.63) is 75.9 Å². The summed E-state index contributed by atoms with van der Waals surface area (Å²) >= 11 is 12.3. The first-order valence-electron chi connectivity index (χ1n) is 6.69. The van der Waals surface area contributed by atoms with Gasteiger partial charge in [0.05, 0.1) is 15.6 Å².